The number of rotatable bonds is 5. The van der Waals surface area contributed by atoms with E-state index in [0.717, 1.165) is 27.8 Å². The van der Waals surface area contributed by atoms with E-state index < -0.39 is 0 Å². The Kier molecular flexibility index (Phi) is 3.99. The molecule has 0 radical (unpaired) electrons. The summed E-state index contributed by atoms with van der Waals surface area (Å²) >= 11 is 0. The standard InChI is InChI=1S/C20H14N4O2/c25-12-21-14-6-8-17-19(10-14)24(16-4-2-1-3-5-16)20-11-15(22-13-26)7-9-18(20)23-17/h1-13H,(H,21,22,25,26)/p+1. The van der Waals surface area contributed by atoms with Gasteiger partial charge in [-0.25, -0.2) is 4.98 Å². The number of para-hydroxylation sites is 1. The first-order valence-corrected chi connectivity index (χ1v) is 8.05. The van der Waals surface area contributed by atoms with Gasteiger partial charge in [0.15, 0.2) is 0 Å². The average Bonchev–Trinajstić information content (AvgIpc) is 2.67. The lowest BCUT2D eigenvalue weighted by molar-refractivity contribution is -0.538. The lowest BCUT2D eigenvalue weighted by Gasteiger charge is -2.07. The number of carbonyl (C=O) groups is 2. The highest BCUT2D eigenvalue weighted by Gasteiger charge is 2.20. The molecule has 126 valence electrons. The number of hydrogen-bond donors (Lipinski definition) is 2. The van der Waals surface area contributed by atoms with Gasteiger partial charge in [0, 0.05) is 35.6 Å². The smallest absolute Gasteiger partial charge is 0.239 e. The van der Waals surface area contributed by atoms with Crippen LogP contribution in [0.25, 0.3) is 27.8 Å². The van der Waals surface area contributed by atoms with Gasteiger partial charge < -0.3 is 10.6 Å². The molecule has 2 N–H and O–H groups in total. The van der Waals surface area contributed by atoms with Crippen LogP contribution in [0.3, 0.4) is 0 Å². The zero-order valence-corrected chi connectivity index (χ0v) is 13.7. The third-order valence-electron chi connectivity index (χ3n) is 4.14. The molecule has 0 aliphatic heterocycles. The molecule has 0 aliphatic carbocycles. The topological polar surface area (TPSA) is 75.0 Å². The summed E-state index contributed by atoms with van der Waals surface area (Å²) in [5.41, 5.74) is 5.61. The summed E-state index contributed by atoms with van der Waals surface area (Å²) in [6, 6.07) is 21.0. The summed E-state index contributed by atoms with van der Waals surface area (Å²) < 4.78 is 2.06. The van der Waals surface area contributed by atoms with Crippen LogP contribution >= 0.6 is 0 Å². The fraction of sp³-hybridized carbons (Fsp3) is 0. The van der Waals surface area contributed by atoms with Crippen molar-refractivity contribution in [2.45, 2.75) is 0 Å². The Hall–Kier alpha value is -3.80. The first-order valence-electron chi connectivity index (χ1n) is 8.05. The minimum atomic E-state index is 0.647. The summed E-state index contributed by atoms with van der Waals surface area (Å²) in [5.74, 6) is 0. The first-order chi connectivity index (χ1) is 12.8. The van der Waals surface area contributed by atoms with Gasteiger partial charge in [0.1, 0.15) is 11.0 Å². The molecule has 6 nitrogen and oxygen atoms in total. The monoisotopic (exact) mass is 343 g/mol. The third kappa shape index (κ3) is 2.73. The predicted molar refractivity (Wildman–Crippen MR) is 100 cm³/mol. The number of amides is 2. The molecule has 2 amide bonds. The van der Waals surface area contributed by atoms with E-state index in [1.165, 1.54) is 0 Å². The van der Waals surface area contributed by atoms with Gasteiger partial charge in [-0.3, -0.25) is 9.59 Å². The van der Waals surface area contributed by atoms with Crippen LogP contribution in [-0.4, -0.2) is 17.8 Å². The summed E-state index contributed by atoms with van der Waals surface area (Å²) in [5, 5.41) is 5.36. The van der Waals surface area contributed by atoms with Gasteiger partial charge in [-0.05, 0) is 24.3 Å². The number of anilines is 2. The van der Waals surface area contributed by atoms with Crippen molar-refractivity contribution in [3.8, 4) is 5.69 Å². The van der Waals surface area contributed by atoms with Gasteiger partial charge in [-0.15, -0.1) is 4.57 Å². The molecule has 3 aromatic carbocycles. The zero-order chi connectivity index (χ0) is 17.9. The highest BCUT2D eigenvalue weighted by molar-refractivity contribution is 5.88. The quantitative estimate of drug-likeness (QED) is 0.332. The van der Waals surface area contributed by atoms with E-state index in [-0.39, 0.29) is 0 Å². The molecule has 6 heteroatoms. The maximum Gasteiger partial charge on any atom is 0.239 e. The Labute approximate surface area is 149 Å². The van der Waals surface area contributed by atoms with Crippen LogP contribution in [-0.2, 0) is 9.59 Å². The Morgan fingerprint density at radius 2 is 1.27 bits per heavy atom. The number of carbonyl (C=O) groups excluding carboxylic acids is 2. The van der Waals surface area contributed by atoms with Crippen molar-refractivity contribution < 1.29 is 14.2 Å². The van der Waals surface area contributed by atoms with Gasteiger partial charge in [0.25, 0.3) is 0 Å². The van der Waals surface area contributed by atoms with E-state index in [1.807, 2.05) is 66.7 Å². The average molecular weight is 343 g/mol. The van der Waals surface area contributed by atoms with Crippen molar-refractivity contribution in [2.75, 3.05) is 10.6 Å². The Bertz CT molecular complexity index is 1060. The SMILES string of the molecule is O=CNc1ccc2nc3ccc(NC=O)cc3[n+](-c3ccccc3)c2c1. The van der Waals surface area contributed by atoms with E-state index in [4.69, 9.17) is 4.98 Å². The van der Waals surface area contributed by atoms with Crippen LogP contribution < -0.4 is 15.2 Å². The zero-order valence-electron chi connectivity index (χ0n) is 13.7. The molecule has 4 aromatic rings. The van der Waals surface area contributed by atoms with Crippen LogP contribution in [0.4, 0.5) is 11.4 Å². The number of benzene rings is 3. The van der Waals surface area contributed by atoms with Crippen LogP contribution in [0.2, 0.25) is 0 Å². The highest BCUT2D eigenvalue weighted by atomic mass is 16.1. The fourth-order valence-electron chi connectivity index (χ4n) is 3.02. The van der Waals surface area contributed by atoms with Gasteiger partial charge in [-0.1, -0.05) is 18.2 Å². The second kappa shape index (κ2) is 6.60. The lowest BCUT2D eigenvalue weighted by Crippen LogP contribution is -2.33. The molecule has 26 heavy (non-hydrogen) atoms. The predicted octanol–water partition coefficient (Wildman–Crippen LogP) is 2.80. The van der Waals surface area contributed by atoms with Gasteiger partial charge in [-0.2, -0.15) is 0 Å². The largest absolute Gasteiger partial charge is 0.328 e. The van der Waals surface area contributed by atoms with Crippen molar-refractivity contribution in [3.05, 3.63) is 66.7 Å². The van der Waals surface area contributed by atoms with E-state index >= 15 is 0 Å². The Balaban J connectivity index is 2.11. The molecule has 1 heterocycles. The fourth-order valence-corrected chi connectivity index (χ4v) is 3.02. The molecule has 0 unspecified atom stereocenters. The second-order valence-electron chi connectivity index (χ2n) is 5.71. The number of aromatic nitrogens is 2. The highest BCUT2D eigenvalue weighted by Crippen LogP contribution is 2.22. The van der Waals surface area contributed by atoms with Crippen LogP contribution in [0.15, 0.2) is 66.7 Å². The molecule has 0 saturated heterocycles. The molecule has 0 bridgehead atoms. The van der Waals surface area contributed by atoms with Gasteiger partial charge >= 0.3 is 0 Å². The Morgan fingerprint density at radius 1 is 0.731 bits per heavy atom. The summed E-state index contributed by atoms with van der Waals surface area (Å²) in [6.45, 7) is 0. The molecular weight excluding hydrogens is 328 g/mol. The van der Waals surface area contributed by atoms with E-state index in [0.29, 0.717) is 24.2 Å². The molecule has 0 saturated carbocycles. The number of nitrogens with zero attached hydrogens (tertiary/aromatic N) is 2. The Morgan fingerprint density at radius 3 is 1.77 bits per heavy atom. The van der Waals surface area contributed by atoms with Crippen LogP contribution in [0.5, 0.6) is 0 Å². The molecule has 0 fully saturated rings. The molecule has 1 aromatic heterocycles. The minimum absolute atomic E-state index is 0.647. The summed E-state index contributed by atoms with van der Waals surface area (Å²) in [6.07, 6.45) is 1.29. The second-order valence-corrected chi connectivity index (χ2v) is 5.71. The van der Waals surface area contributed by atoms with E-state index in [9.17, 15) is 9.59 Å². The van der Waals surface area contributed by atoms with Gasteiger partial charge in [0.2, 0.25) is 29.5 Å². The third-order valence-corrected chi connectivity index (χ3v) is 4.14. The molecule has 0 aliphatic rings. The number of nitrogens with one attached hydrogen (secondary N) is 2. The van der Waals surface area contributed by atoms with Crippen molar-refractivity contribution in [1.29, 1.82) is 0 Å². The summed E-state index contributed by atoms with van der Waals surface area (Å²) in [7, 11) is 0. The first kappa shape index (κ1) is 15.7. The van der Waals surface area contributed by atoms with Crippen molar-refractivity contribution in [2.24, 2.45) is 0 Å². The van der Waals surface area contributed by atoms with Crippen molar-refractivity contribution >= 4 is 46.3 Å². The molecule has 4 rings (SSSR count). The maximum absolute atomic E-state index is 10.8. The molecule has 0 atom stereocenters. The number of fused-ring (bicyclic) bond motifs is 2. The van der Waals surface area contributed by atoms with Gasteiger partial charge in [0.05, 0.1) is 0 Å². The van der Waals surface area contributed by atoms with Crippen molar-refractivity contribution in [1.82, 2.24) is 4.98 Å². The number of hydrogen-bond acceptors (Lipinski definition) is 3. The van der Waals surface area contributed by atoms with Crippen molar-refractivity contribution in [3.63, 3.8) is 0 Å². The van der Waals surface area contributed by atoms with Crippen LogP contribution in [0.1, 0.15) is 0 Å². The summed E-state index contributed by atoms with van der Waals surface area (Å²) in [4.78, 5) is 26.4. The molecule has 0 spiro atoms. The normalized spacial score (nSPS) is 10.6. The molecular formula is C20H15N4O2+. The van der Waals surface area contributed by atoms with Crippen LogP contribution in [0, 0.1) is 0 Å². The lowest BCUT2D eigenvalue weighted by atomic mass is 10.2. The van der Waals surface area contributed by atoms with E-state index in [2.05, 4.69) is 15.2 Å². The van der Waals surface area contributed by atoms with E-state index in [1.54, 1.807) is 0 Å². The minimum Gasteiger partial charge on any atom is -0.328 e. The maximum atomic E-state index is 10.8.